The van der Waals surface area contributed by atoms with Gasteiger partial charge >= 0.3 is 11.9 Å². The molecule has 27 heavy (non-hydrogen) atoms. The first-order valence-corrected chi connectivity index (χ1v) is 9.07. The number of carbonyl (C=O) groups excluding carboxylic acids is 3. The Kier molecular flexibility index (Phi) is 4.99. The van der Waals surface area contributed by atoms with Crippen molar-refractivity contribution in [2.45, 2.75) is 51.4 Å². The third-order valence-corrected chi connectivity index (χ3v) is 5.51. The minimum absolute atomic E-state index is 0.0530. The zero-order valence-corrected chi connectivity index (χ0v) is 15.7. The van der Waals surface area contributed by atoms with Crippen LogP contribution in [0.1, 0.15) is 33.6 Å². The Bertz CT molecular complexity index is 762. The smallest absolute Gasteiger partial charge is 0.334 e. The molecule has 3 rings (SSSR count). The Morgan fingerprint density at radius 1 is 1.48 bits per heavy atom. The highest BCUT2D eigenvalue weighted by molar-refractivity contribution is 6.00. The van der Waals surface area contributed by atoms with Crippen LogP contribution in [-0.4, -0.2) is 47.2 Å². The lowest BCUT2D eigenvalue weighted by Crippen LogP contribution is -2.43. The van der Waals surface area contributed by atoms with Crippen LogP contribution in [0.2, 0.25) is 0 Å². The van der Waals surface area contributed by atoms with E-state index in [0.29, 0.717) is 12.0 Å². The van der Waals surface area contributed by atoms with E-state index in [1.165, 1.54) is 6.08 Å². The van der Waals surface area contributed by atoms with Crippen molar-refractivity contribution in [2.24, 2.45) is 11.8 Å². The minimum atomic E-state index is -1.26. The molecule has 3 aliphatic rings. The predicted molar refractivity (Wildman–Crippen MR) is 94.2 cm³/mol. The molecule has 2 bridgehead atoms. The summed E-state index contributed by atoms with van der Waals surface area (Å²) in [7, 11) is 0. The van der Waals surface area contributed by atoms with E-state index in [-0.39, 0.29) is 36.1 Å². The maximum absolute atomic E-state index is 12.5. The van der Waals surface area contributed by atoms with Crippen LogP contribution in [-0.2, 0) is 28.6 Å². The second-order valence-electron chi connectivity index (χ2n) is 7.47. The van der Waals surface area contributed by atoms with Gasteiger partial charge in [-0.05, 0) is 19.4 Å². The fourth-order valence-electron chi connectivity index (χ4n) is 3.54. The van der Waals surface area contributed by atoms with Gasteiger partial charge in [0.1, 0.15) is 18.0 Å². The molecule has 5 unspecified atom stereocenters. The van der Waals surface area contributed by atoms with Gasteiger partial charge in [0.05, 0.1) is 18.4 Å². The van der Waals surface area contributed by atoms with E-state index in [0.717, 1.165) is 0 Å². The lowest BCUT2D eigenvalue weighted by Gasteiger charge is -2.32. The van der Waals surface area contributed by atoms with E-state index in [1.807, 2.05) is 6.92 Å². The minimum Gasteiger partial charge on any atom is -0.479 e. The summed E-state index contributed by atoms with van der Waals surface area (Å²) in [5, 5.41) is 9.71. The van der Waals surface area contributed by atoms with Gasteiger partial charge in [0.25, 0.3) is 0 Å². The molecule has 0 aliphatic carbocycles. The Morgan fingerprint density at radius 3 is 2.81 bits per heavy atom. The van der Waals surface area contributed by atoms with Crippen LogP contribution >= 0.6 is 0 Å². The molecule has 0 radical (unpaired) electrons. The Labute approximate surface area is 157 Å². The number of carbonyl (C=O) groups is 3. The summed E-state index contributed by atoms with van der Waals surface area (Å²) in [5.41, 5.74) is -0.734. The lowest BCUT2D eigenvalue weighted by atomic mass is 9.82. The average Bonchev–Trinajstić information content (AvgIpc) is 3.08. The van der Waals surface area contributed by atoms with Crippen LogP contribution in [0.5, 0.6) is 0 Å². The summed E-state index contributed by atoms with van der Waals surface area (Å²) in [5.74, 6) is -2.02. The van der Waals surface area contributed by atoms with Gasteiger partial charge < -0.3 is 19.3 Å². The molecule has 1 N–H and O–H groups in total. The van der Waals surface area contributed by atoms with Crippen molar-refractivity contribution in [1.82, 2.24) is 0 Å². The number of ketones is 1. The Morgan fingerprint density at radius 2 is 2.19 bits per heavy atom. The highest BCUT2D eigenvalue weighted by Gasteiger charge is 2.52. The molecule has 3 heterocycles. The van der Waals surface area contributed by atoms with Gasteiger partial charge in [0.2, 0.25) is 5.78 Å². The van der Waals surface area contributed by atoms with Gasteiger partial charge in [-0.3, -0.25) is 9.59 Å². The van der Waals surface area contributed by atoms with Crippen molar-refractivity contribution < 1.29 is 33.7 Å². The predicted octanol–water partition coefficient (Wildman–Crippen LogP) is 1.61. The molecular formula is C20H24O7. The molecule has 7 heteroatoms. The van der Waals surface area contributed by atoms with Gasteiger partial charge in [-0.1, -0.05) is 20.4 Å². The molecule has 0 aromatic heterocycles. The molecule has 146 valence electrons. The monoisotopic (exact) mass is 376 g/mol. The number of fused-ring (bicyclic) bond motifs is 3. The van der Waals surface area contributed by atoms with E-state index in [9.17, 15) is 19.5 Å². The van der Waals surface area contributed by atoms with Crippen LogP contribution in [0.15, 0.2) is 35.6 Å². The highest BCUT2D eigenvalue weighted by Crippen LogP contribution is 2.42. The van der Waals surface area contributed by atoms with E-state index in [4.69, 9.17) is 14.2 Å². The maximum Gasteiger partial charge on any atom is 0.334 e. The molecule has 5 atom stereocenters. The van der Waals surface area contributed by atoms with Crippen molar-refractivity contribution in [3.63, 3.8) is 0 Å². The first-order chi connectivity index (χ1) is 12.7. The molecule has 1 fully saturated rings. The maximum atomic E-state index is 12.5. The summed E-state index contributed by atoms with van der Waals surface area (Å²) >= 11 is 0. The normalized spacial score (nSPS) is 33.6. The number of esters is 2. The summed E-state index contributed by atoms with van der Waals surface area (Å²) in [6, 6.07) is 0. The summed E-state index contributed by atoms with van der Waals surface area (Å²) < 4.78 is 16.9. The van der Waals surface area contributed by atoms with Gasteiger partial charge in [-0.15, -0.1) is 0 Å². The lowest BCUT2D eigenvalue weighted by molar-refractivity contribution is -0.161. The van der Waals surface area contributed by atoms with Crippen molar-refractivity contribution in [3.8, 4) is 0 Å². The molecule has 0 aromatic rings. The third-order valence-electron chi connectivity index (χ3n) is 5.51. The highest BCUT2D eigenvalue weighted by atomic mass is 16.6. The number of rotatable bonds is 4. The largest absolute Gasteiger partial charge is 0.479 e. The van der Waals surface area contributed by atoms with Crippen LogP contribution in [0.3, 0.4) is 0 Å². The summed E-state index contributed by atoms with van der Waals surface area (Å²) in [6.07, 6.45) is 1.93. The first-order valence-electron chi connectivity index (χ1n) is 9.07. The molecule has 0 aromatic carbocycles. The van der Waals surface area contributed by atoms with E-state index < -0.39 is 35.7 Å². The van der Waals surface area contributed by atoms with Gasteiger partial charge in [-0.2, -0.15) is 0 Å². The molecule has 7 nitrogen and oxygen atoms in total. The molecule has 3 aliphatic heterocycles. The van der Waals surface area contributed by atoms with Crippen molar-refractivity contribution in [1.29, 1.82) is 0 Å². The van der Waals surface area contributed by atoms with E-state index in [2.05, 4.69) is 6.58 Å². The molecule has 1 saturated heterocycles. The number of hydrogen-bond acceptors (Lipinski definition) is 7. The quantitative estimate of drug-likeness (QED) is 0.588. The van der Waals surface area contributed by atoms with Crippen LogP contribution in [0, 0.1) is 11.8 Å². The van der Waals surface area contributed by atoms with Crippen molar-refractivity contribution in [3.05, 3.63) is 35.6 Å². The molecule has 0 amide bonds. The third kappa shape index (κ3) is 3.32. The van der Waals surface area contributed by atoms with E-state index in [1.54, 1.807) is 19.9 Å². The van der Waals surface area contributed by atoms with Crippen molar-refractivity contribution in [2.75, 3.05) is 6.61 Å². The summed E-state index contributed by atoms with van der Waals surface area (Å²) in [6.45, 7) is 8.65. The average molecular weight is 376 g/mol. The van der Waals surface area contributed by atoms with Gasteiger partial charge in [-0.25, -0.2) is 4.79 Å². The standard InChI is InChI=1S/C20H24O7/c1-5-10(2)18(23)26-15-8-20(4)16(22)7-13(27-20)12(9-21)6-14-17(15)11(3)19(24)25-14/h6-7,10,14-15,17,21H,3,5,8-9H2,1-2,4H3. The van der Waals surface area contributed by atoms with Crippen LogP contribution in [0.25, 0.3) is 0 Å². The Hall–Kier alpha value is -2.41. The SMILES string of the molecule is C=C1C(=O)OC2C=C(CO)C3=CC(=O)C(C)(CC(OC(=O)C(C)CC)C12)O3. The van der Waals surface area contributed by atoms with Crippen LogP contribution < -0.4 is 0 Å². The molecular weight excluding hydrogens is 352 g/mol. The van der Waals surface area contributed by atoms with Gasteiger partial charge in [0.15, 0.2) is 5.60 Å². The fraction of sp³-hybridized carbons (Fsp3) is 0.550. The number of aliphatic hydroxyl groups excluding tert-OH is 1. The van der Waals surface area contributed by atoms with Crippen molar-refractivity contribution >= 4 is 17.7 Å². The number of hydrogen-bond donors (Lipinski definition) is 1. The fourth-order valence-corrected chi connectivity index (χ4v) is 3.54. The zero-order chi connectivity index (χ0) is 19.9. The van der Waals surface area contributed by atoms with Crippen LogP contribution in [0.4, 0.5) is 0 Å². The molecule has 0 spiro atoms. The summed E-state index contributed by atoms with van der Waals surface area (Å²) in [4.78, 5) is 37.1. The van der Waals surface area contributed by atoms with Gasteiger partial charge in [0, 0.05) is 23.6 Å². The number of aliphatic hydroxyl groups is 1. The zero-order valence-electron chi connectivity index (χ0n) is 15.7. The molecule has 0 saturated carbocycles. The van der Waals surface area contributed by atoms with E-state index >= 15 is 0 Å². The second kappa shape index (κ2) is 6.96. The first kappa shape index (κ1) is 19.4. The number of ether oxygens (including phenoxy) is 3. The second-order valence-corrected chi connectivity index (χ2v) is 7.47. The topological polar surface area (TPSA) is 99.1 Å². The Balaban J connectivity index is 2.05.